The van der Waals surface area contributed by atoms with E-state index < -0.39 is 32.4 Å². The van der Waals surface area contributed by atoms with Crippen LogP contribution in [-0.2, 0) is 10.0 Å². The van der Waals surface area contributed by atoms with Crippen molar-refractivity contribution in [3.05, 3.63) is 41.2 Å². The van der Waals surface area contributed by atoms with Crippen LogP contribution >= 0.6 is 11.6 Å². The topological polar surface area (TPSA) is 98.0 Å². The van der Waals surface area contributed by atoms with Gasteiger partial charge in [0.25, 0.3) is 10.0 Å². The first-order valence-corrected chi connectivity index (χ1v) is 6.90. The van der Waals surface area contributed by atoms with Crippen LogP contribution in [0.4, 0.5) is 20.4 Å². The number of benzene rings is 1. The van der Waals surface area contributed by atoms with Gasteiger partial charge in [0.1, 0.15) is 16.4 Å². The van der Waals surface area contributed by atoms with Gasteiger partial charge < -0.3 is 5.73 Å². The van der Waals surface area contributed by atoms with Crippen molar-refractivity contribution in [1.29, 1.82) is 0 Å². The quantitative estimate of drug-likeness (QED) is 0.898. The summed E-state index contributed by atoms with van der Waals surface area (Å²) < 4.78 is 52.2. The van der Waals surface area contributed by atoms with Gasteiger partial charge in [0.2, 0.25) is 5.95 Å². The van der Waals surface area contributed by atoms with E-state index in [1.165, 1.54) is 0 Å². The summed E-state index contributed by atoms with van der Waals surface area (Å²) >= 11 is 5.60. The van der Waals surface area contributed by atoms with Gasteiger partial charge in [0.05, 0.1) is 17.4 Å². The number of nitrogen functional groups attached to an aromatic ring is 1. The molecule has 1 aromatic heterocycles. The molecule has 0 amide bonds. The van der Waals surface area contributed by atoms with Crippen molar-refractivity contribution >= 4 is 33.3 Å². The van der Waals surface area contributed by atoms with E-state index in [4.69, 9.17) is 17.3 Å². The first kappa shape index (κ1) is 14.4. The van der Waals surface area contributed by atoms with Crippen molar-refractivity contribution in [2.45, 2.75) is 4.90 Å². The van der Waals surface area contributed by atoms with Gasteiger partial charge >= 0.3 is 0 Å². The Morgan fingerprint density at radius 3 is 2.35 bits per heavy atom. The third kappa shape index (κ3) is 2.94. The lowest BCUT2D eigenvalue weighted by Crippen LogP contribution is -2.15. The summed E-state index contributed by atoms with van der Waals surface area (Å²) in [4.78, 5) is 6.67. The fourth-order valence-corrected chi connectivity index (χ4v) is 2.57. The van der Waals surface area contributed by atoms with Gasteiger partial charge in [0, 0.05) is 6.07 Å². The fraction of sp³-hybridized carbons (Fsp3) is 0. The molecule has 0 atom stereocenters. The molecular formula is C10H7ClF2N4O2S. The summed E-state index contributed by atoms with van der Waals surface area (Å²) in [5, 5.41) is -0.414. The average molecular weight is 321 g/mol. The number of hydrogen-bond donors (Lipinski definition) is 2. The van der Waals surface area contributed by atoms with Crippen LogP contribution in [-0.4, -0.2) is 18.4 Å². The van der Waals surface area contributed by atoms with Gasteiger partial charge in [0.15, 0.2) is 5.82 Å². The maximum absolute atomic E-state index is 13.5. The Hall–Kier alpha value is -2.00. The van der Waals surface area contributed by atoms with Gasteiger partial charge in [-0.25, -0.2) is 27.2 Å². The van der Waals surface area contributed by atoms with Crippen molar-refractivity contribution < 1.29 is 17.2 Å². The summed E-state index contributed by atoms with van der Waals surface area (Å²) in [6.07, 6.45) is 1.89. The molecule has 0 radical (unpaired) electrons. The molecule has 6 nitrogen and oxygen atoms in total. The second-order valence-electron chi connectivity index (χ2n) is 3.63. The highest BCUT2D eigenvalue weighted by atomic mass is 35.5. The van der Waals surface area contributed by atoms with E-state index in [2.05, 4.69) is 9.97 Å². The van der Waals surface area contributed by atoms with Crippen molar-refractivity contribution in [1.82, 2.24) is 9.97 Å². The largest absolute Gasteiger partial charge is 0.368 e. The smallest absolute Gasteiger partial charge is 0.265 e. The van der Waals surface area contributed by atoms with E-state index in [9.17, 15) is 17.2 Å². The molecule has 0 fully saturated rings. The van der Waals surface area contributed by atoms with Crippen LogP contribution in [0, 0.1) is 11.6 Å². The number of hydrogen-bond acceptors (Lipinski definition) is 5. The van der Waals surface area contributed by atoms with Crippen LogP contribution < -0.4 is 10.5 Å². The van der Waals surface area contributed by atoms with Crippen LogP contribution in [0.25, 0.3) is 0 Å². The maximum atomic E-state index is 13.5. The molecule has 0 aliphatic carbocycles. The number of halogens is 3. The average Bonchev–Trinajstić information content (AvgIpc) is 2.34. The predicted molar refractivity (Wildman–Crippen MR) is 68.6 cm³/mol. The van der Waals surface area contributed by atoms with Crippen molar-refractivity contribution in [2.24, 2.45) is 0 Å². The molecule has 0 saturated carbocycles. The molecular weight excluding hydrogens is 314 g/mol. The highest BCUT2D eigenvalue weighted by molar-refractivity contribution is 7.92. The van der Waals surface area contributed by atoms with E-state index in [0.29, 0.717) is 6.07 Å². The summed E-state index contributed by atoms with van der Waals surface area (Å²) in [6, 6.07) is 1.28. The zero-order valence-corrected chi connectivity index (χ0v) is 11.2. The second-order valence-corrected chi connectivity index (χ2v) is 5.72. The molecule has 0 unspecified atom stereocenters. The minimum atomic E-state index is -4.17. The molecule has 20 heavy (non-hydrogen) atoms. The number of aromatic nitrogens is 2. The molecule has 0 aliphatic heterocycles. The van der Waals surface area contributed by atoms with E-state index in [1.54, 1.807) is 0 Å². The summed E-state index contributed by atoms with van der Waals surface area (Å²) in [5.74, 6) is -2.18. The first-order valence-electron chi connectivity index (χ1n) is 5.04. The number of nitrogens with zero attached hydrogens (tertiary/aromatic N) is 2. The normalized spacial score (nSPS) is 11.3. The summed E-state index contributed by atoms with van der Waals surface area (Å²) in [5.41, 5.74) is 4.66. The molecule has 0 saturated heterocycles. The van der Waals surface area contributed by atoms with Crippen LogP contribution in [0.15, 0.2) is 29.4 Å². The maximum Gasteiger partial charge on any atom is 0.265 e. The standard InChI is InChI=1S/C10H7ClF2N4O2S/c11-7-1-5(12)2-8(13)9(7)17-20(18,19)6-3-15-10(14)16-4-6/h1-4,17H,(H2,14,15,16). The number of anilines is 2. The van der Waals surface area contributed by atoms with Crippen molar-refractivity contribution in [3.8, 4) is 0 Å². The van der Waals surface area contributed by atoms with E-state index in [0.717, 1.165) is 18.5 Å². The molecule has 0 bridgehead atoms. The number of sulfonamides is 1. The first-order chi connectivity index (χ1) is 9.29. The van der Waals surface area contributed by atoms with Crippen molar-refractivity contribution in [3.63, 3.8) is 0 Å². The number of nitrogens with two attached hydrogens (primary N) is 1. The SMILES string of the molecule is Nc1ncc(S(=O)(=O)Nc2c(F)cc(F)cc2Cl)cn1. The van der Waals surface area contributed by atoms with Crippen LogP contribution in [0.5, 0.6) is 0 Å². The minimum Gasteiger partial charge on any atom is -0.368 e. The third-order valence-electron chi connectivity index (χ3n) is 2.20. The van der Waals surface area contributed by atoms with Crippen LogP contribution in [0.1, 0.15) is 0 Å². The van der Waals surface area contributed by atoms with E-state index >= 15 is 0 Å². The Bertz CT molecular complexity index is 729. The Kier molecular flexibility index (Phi) is 3.73. The Morgan fingerprint density at radius 2 is 1.80 bits per heavy atom. The van der Waals surface area contributed by atoms with Crippen LogP contribution in [0.2, 0.25) is 5.02 Å². The van der Waals surface area contributed by atoms with E-state index in [1.807, 2.05) is 4.72 Å². The molecule has 0 aliphatic rings. The Balaban J connectivity index is 2.41. The monoisotopic (exact) mass is 320 g/mol. The molecule has 106 valence electrons. The van der Waals surface area contributed by atoms with E-state index in [-0.39, 0.29) is 10.8 Å². The zero-order valence-electron chi connectivity index (χ0n) is 9.64. The van der Waals surface area contributed by atoms with Gasteiger partial charge in [-0.1, -0.05) is 11.6 Å². The van der Waals surface area contributed by atoms with Gasteiger partial charge in [-0.2, -0.15) is 0 Å². The molecule has 2 aromatic rings. The van der Waals surface area contributed by atoms with Crippen LogP contribution in [0.3, 0.4) is 0 Å². The lowest BCUT2D eigenvalue weighted by molar-refractivity contribution is 0.582. The molecule has 0 spiro atoms. The molecule has 1 heterocycles. The highest BCUT2D eigenvalue weighted by Gasteiger charge is 2.20. The molecule has 10 heteroatoms. The Morgan fingerprint density at radius 1 is 1.20 bits per heavy atom. The fourth-order valence-electron chi connectivity index (χ4n) is 1.30. The lowest BCUT2D eigenvalue weighted by atomic mass is 10.3. The zero-order chi connectivity index (χ0) is 14.9. The Labute approximate surface area is 117 Å². The van der Waals surface area contributed by atoms with Crippen molar-refractivity contribution in [2.75, 3.05) is 10.5 Å². The second kappa shape index (κ2) is 5.17. The highest BCUT2D eigenvalue weighted by Crippen LogP contribution is 2.28. The summed E-state index contributed by atoms with van der Waals surface area (Å²) in [7, 11) is -4.17. The minimum absolute atomic E-state index is 0.116. The van der Waals surface area contributed by atoms with Gasteiger partial charge in [-0.3, -0.25) is 4.72 Å². The summed E-state index contributed by atoms with van der Waals surface area (Å²) in [6.45, 7) is 0. The van der Waals surface area contributed by atoms with Gasteiger partial charge in [-0.05, 0) is 6.07 Å². The molecule has 1 aromatic carbocycles. The lowest BCUT2D eigenvalue weighted by Gasteiger charge is -2.10. The number of rotatable bonds is 3. The van der Waals surface area contributed by atoms with Gasteiger partial charge in [-0.15, -0.1) is 0 Å². The third-order valence-corrected chi connectivity index (χ3v) is 3.80. The molecule has 3 N–H and O–H groups in total. The number of nitrogens with one attached hydrogen (secondary N) is 1. The molecule has 2 rings (SSSR count). The predicted octanol–water partition coefficient (Wildman–Crippen LogP) is 1.79.